The minimum atomic E-state index is -0.104. The predicted molar refractivity (Wildman–Crippen MR) is 64.1 cm³/mol. The summed E-state index contributed by atoms with van der Waals surface area (Å²) in [4.78, 5) is 11.2. The van der Waals surface area contributed by atoms with Gasteiger partial charge in [0.2, 0.25) is 5.91 Å². The molecule has 1 unspecified atom stereocenters. The second kappa shape index (κ2) is 4.66. The first-order chi connectivity index (χ1) is 7.70. The summed E-state index contributed by atoms with van der Waals surface area (Å²) < 4.78 is 0. The van der Waals surface area contributed by atoms with Gasteiger partial charge < -0.3 is 11.1 Å². The number of fused-ring (bicyclic) bond motifs is 1. The van der Waals surface area contributed by atoms with Crippen molar-refractivity contribution in [1.82, 2.24) is 5.32 Å². The molecule has 0 aliphatic heterocycles. The lowest BCUT2D eigenvalue weighted by atomic mass is 10.0. The highest BCUT2D eigenvalue weighted by atomic mass is 16.1. The van der Waals surface area contributed by atoms with E-state index in [-0.39, 0.29) is 18.5 Å². The second-order valence-corrected chi connectivity index (χ2v) is 4.38. The molecule has 0 aromatic heterocycles. The molecule has 0 bridgehead atoms. The quantitative estimate of drug-likeness (QED) is 0.803. The van der Waals surface area contributed by atoms with Crippen LogP contribution in [0.4, 0.5) is 0 Å². The minimum absolute atomic E-state index is 0.0435. The fourth-order valence-corrected chi connectivity index (χ4v) is 2.24. The summed E-state index contributed by atoms with van der Waals surface area (Å²) in [6, 6.07) is 6.54. The number of hydrogen-bond donors (Lipinski definition) is 2. The van der Waals surface area contributed by atoms with Crippen LogP contribution in [0.2, 0.25) is 0 Å². The molecular weight excluding hydrogens is 200 g/mol. The summed E-state index contributed by atoms with van der Waals surface area (Å²) in [5.74, 6) is -0.104. The van der Waals surface area contributed by atoms with E-state index in [1.165, 1.54) is 36.0 Å². The van der Waals surface area contributed by atoms with Gasteiger partial charge in [-0.3, -0.25) is 4.79 Å². The lowest BCUT2D eigenvalue weighted by molar-refractivity contribution is -0.120. The molecule has 16 heavy (non-hydrogen) atoms. The highest BCUT2D eigenvalue weighted by Crippen LogP contribution is 2.25. The number of carbonyl (C=O) groups excluding carboxylic acids is 1. The van der Waals surface area contributed by atoms with Crippen molar-refractivity contribution in [2.75, 3.05) is 6.54 Å². The minimum Gasteiger partial charge on any atom is -0.348 e. The Kier molecular flexibility index (Phi) is 3.25. The number of benzene rings is 1. The third-order valence-electron chi connectivity index (χ3n) is 3.19. The fraction of sp³-hybridized carbons (Fsp3) is 0.462. The molecule has 0 radical (unpaired) electrons. The molecule has 1 aliphatic carbocycles. The maximum atomic E-state index is 11.2. The molecule has 86 valence electrons. The Hall–Kier alpha value is -1.35. The zero-order valence-corrected chi connectivity index (χ0v) is 9.62. The standard InChI is InChI=1S/C13H18N2O/c1-9(15-13(16)8-14)11-6-5-10-3-2-4-12(10)7-11/h5-7,9H,2-4,8,14H2,1H3,(H,15,16). The first kappa shape index (κ1) is 11.1. The highest BCUT2D eigenvalue weighted by molar-refractivity contribution is 5.78. The molecule has 0 saturated heterocycles. The van der Waals surface area contributed by atoms with E-state index in [1.807, 2.05) is 6.92 Å². The summed E-state index contributed by atoms with van der Waals surface area (Å²) in [5.41, 5.74) is 9.34. The molecule has 1 aliphatic rings. The van der Waals surface area contributed by atoms with E-state index in [9.17, 15) is 4.79 Å². The zero-order chi connectivity index (χ0) is 11.5. The average molecular weight is 218 g/mol. The number of rotatable bonds is 3. The van der Waals surface area contributed by atoms with Gasteiger partial charge in [0.25, 0.3) is 0 Å². The Morgan fingerprint density at radius 2 is 2.19 bits per heavy atom. The van der Waals surface area contributed by atoms with Crippen LogP contribution in [0.3, 0.4) is 0 Å². The Bertz CT molecular complexity index is 401. The average Bonchev–Trinajstić information content (AvgIpc) is 2.75. The molecule has 3 heteroatoms. The van der Waals surface area contributed by atoms with E-state index in [1.54, 1.807) is 0 Å². The van der Waals surface area contributed by atoms with Gasteiger partial charge in [-0.25, -0.2) is 0 Å². The molecule has 0 fully saturated rings. The monoisotopic (exact) mass is 218 g/mol. The van der Waals surface area contributed by atoms with Crippen LogP contribution in [0, 0.1) is 0 Å². The van der Waals surface area contributed by atoms with Gasteiger partial charge in [0, 0.05) is 0 Å². The molecule has 3 N–H and O–H groups in total. The van der Waals surface area contributed by atoms with Crippen LogP contribution in [-0.4, -0.2) is 12.5 Å². The fourth-order valence-electron chi connectivity index (χ4n) is 2.24. The summed E-state index contributed by atoms with van der Waals surface area (Å²) >= 11 is 0. The number of nitrogens with two attached hydrogens (primary N) is 1. The highest BCUT2D eigenvalue weighted by Gasteiger charge is 2.14. The molecule has 1 atom stereocenters. The third kappa shape index (κ3) is 2.25. The SMILES string of the molecule is CC(NC(=O)CN)c1ccc2c(c1)CCC2. The maximum Gasteiger partial charge on any atom is 0.234 e. The van der Waals surface area contributed by atoms with Crippen molar-refractivity contribution in [2.24, 2.45) is 5.73 Å². The summed E-state index contributed by atoms with van der Waals surface area (Å²) in [7, 11) is 0. The number of hydrogen-bond acceptors (Lipinski definition) is 2. The molecule has 1 aromatic carbocycles. The Morgan fingerprint density at radius 3 is 2.94 bits per heavy atom. The molecule has 1 amide bonds. The Morgan fingerprint density at radius 1 is 1.44 bits per heavy atom. The summed E-state index contributed by atoms with van der Waals surface area (Å²) in [6.45, 7) is 2.04. The molecule has 2 rings (SSSR count). The maximum absolute atomic E-state index is 11.2. The number of nitrogens with one attached hydrogen (secondary N) is 1. The van der Waals surface area contributed by atoms with Crippen molar-refractivity contribution in [3.05, 3.63) is 34.9 Å². The normalized spacial score (nSPS) is 15.6. The van der Waals surface area contributed by atoms with E-state index in [0.717, 1.165) is 0 Å². The van der Waals surface area contributed by atoms with Gasteiger partial charge in [-0.05, 0) is 42.9 Å². The van der Waals surface area contributed by atoms with E-state index in [0.29, 0.717) is 0 Å². The van der Waals surface area contributed by atoms with Crippen LogP contribution in [-0.2, 0) is 17.6 Å². The molecule has 0 saturated carbocycles. The first-order valence-corrected chi connectivity index (χ1v) is 5.82. The van der Waals surface area contributed by atoms with Crippen LogP contribution < -0.4 is 11.1 Å². The van der Waals surface area contributed by atoms with Gasteiger partial charge in [0.1, 0.15) is 0 Å². The van der Waals surface area contributed by atoms with Crippen molar-refractivity contribution < 1.29 is 4.79 Å². The van der Waals surface area contributed by atoms with Crippen LogP contribution >= 0.6 is 0 Å². The second-order valence-electron chi connectivity index (χ2n) is 4.38. The first-order valence-electron chi connectivity index (χ1n) is 5.82. The van der Waals surface area contributed by atoms with Gasteiger partial charge in [-0.15, -0.1) is 0 Å². The van der Waals surface area contributed by atoms with Crippen LogP contribution in [0.15, 0.2) is 18.2 Å². The smallest absolute Gasteiger partial charge is 0.234 e. The van der Waals surface area contributed by atoms with Crippen LogP contribution in [0.5, 0.6) is 0 Å². The number of amides is 1. The van der Waals surface area contributed by atoms with Crippen molar-refractivity contribution in [3.63, 3.8) is 0 Å². The molecular formula is C13H18N2O. The number of carbonyl (C=O) groups is 1. The van der Waals surface area contributed by atoms with E-state index in [4.69, 9.17) is 5.73 Å². The van der Waals surface area contributed by atoms with E-state index < -0.39 is 0 Å². The van der Waals surface area contributed by atoms with Gasteiger partial charge in [0.15, 0.2) is 0 Å². The van der Waals surface area contributed by atoms with Gasteiger partial charge in [0.05, 0.1) is 12.6 Å². The topological polar surface area (TPSA) is 55.1 Å². The van der Waals surface area contributed by atoms with Gasteiger partial charge >= 0.3 is 0 Å². The van der Waals surface area contributed by atoms with Crippen molar-refractivity contribution in [3.8, 4) is 0 Å². The Labute approximate surface area is 96.0 Å². The molecule has 3 nitrogen and oxygen atoms in total. The Balaban J connectivity index is 2.12. The van der Waals surface area contributed by atoms with Gasteiger partial charge in [-0.2, -0.15) is 0 Å². The lowest BCUT2D eigenvalue weighted by Crippen LogP contribution is -2.32. The molecule has 1 aromatic rings. The largest absolute Gasteiger partial charge is 0.348 e. The lowest BCUT2D eigenvalue weighted by Gasteiger charge is -2.14. The zero-order valence-electron chi connectivity index (χ0n) is 9.62. The van der Waals surface area contributed by atoms with E-state index >= 15 is 0 Å². The predicted octanol–water partition coefficient (Wildman–Crippen LogP) is 1.31. The third-order valence-corrected chi connectivity index (χ3v) is 3.19. The van der Waals surface area contributed by atoms with Crippen molar-refractivity contribution in [2.45, 2.75) is 32.2 Å². The van der Waals surface area contributed by atoms with Crippen molar-refractivity contribution in [1.29, 1.82) is 0 Å². The summed E-state index contributed by atoms with van der Waals surface area (Å²) in [5, 5.41) is 2.87. The molecule has 0 heterocycles. The van der Waals surface area contributed by atoms with Crippen LogP contribution in [0.1, 0.15) is 36.1 Å². The van der Waals surface area contributed by atoms with Crippen LogP contribution in [0.25, 0.3) is 0 Å². The van der Waals surface area contributed by atoms with Gasteiger partial charge in [-0.1, -0.05) is 18.2 Å². The summed E-state index contributed by atoms with van der Waals surface area (Å²) in [6.07, 6.45) is 3.61. The van der Waals surface area contributed by atoms with Crippen molar-refractivity contribution >= 4 is 5.91 Å². The molecule has 0 spiro atoms. The van der Waals surface area contributed by atoms with E-state index in [2.05, 4.69) is 23.5 Å². The number of aryl methyl sites for hydroxylation is 2.